The van der Waals surface area contributed by atoms with E-state index in [9.17, 15) is 14.0 Å². The quantitative estimate of drug-likeness (QED) is 0.733. The minimum Gasteiger partial charge on any atom is -0.315 e. The molecule has 2 atom stereocenters. The van der Waals surface area contributed by atoms with Gasteiger partial charge in [-0.1, -0.05) is 11.6 Å². The fourth-order valence-electron chi connectivity index (χ4n) is 3.40. The van der Waals surface area contributed by atoms with Gasteiger partial charge in [0.05, 0.1) is 35.4 Å². The molecular formula is C20H14ClFN4O2S. The Bertz CT molecular complexity index is 1060. The summed E-state index contributed by atoms with van der Waals surface area (Å²) in [6.07, 6.45) is 4.93. The van der Waals surface area contributed by atoms with Crippen LogP contribution >= 0.6 is 23.4 Å². The number of anilines is 1. The van der Waals surface area contributed by atoms with E-state index < -0.39 is 23.1 Å². The van der Waals surface area contributed by atoms with E-state index in [1.807, 2.05) is 6.07 Å². The van der Waals surface area contributed by atoms with Crippen LogP contribution in [0.3, 0.4) is 0 Å². The first-order chi connectivity index (χ1) is 14.0. The van der Waals surface area contributed by atoms with Crippen LogP contribution in [0.4, 0.5) is 14.9 Å². The molecule has 9 heteroatoms. The number of hydrogen-bond acceptors (Lipinski definition) is 5. The number of hydrogen-bond donors (Lipinski definition) is 0. The van der Waals surface area contributed by atoms with Crippen LogP contribution in [0.1, 0.15) is 12.0 Å². The van der Waals surface area contributed by atoms with Crippen molar-refractivity contribution >= 4 is 45.9 Å². The Balaban J connectivity index is 1.73. The van der Waals surface area contributed by atoms with Gasteiger partial charge in [-0.3, -0.25) is 9.78 Å². The maximum absolute atomic E-state index is 13.4. The second-order valence-corrected chi connectivity index (χ2v) is 8.04. The molecule has 3 amide bonds. The molecule has 146 valence electrons. The lowest BCUT2D eigenvalue weighted by Crippen LogP contribution is -2.62. The Kier molecular flexibility index (Phi) is 5.26. The van der Waals surface area contributed by atoms with Crippen molar-refractivity contribution in [1.82, 2.24) is 9.88 Å². The maximum atomic E-state index is 13.4. The number of imide groups is 1. The number of aromatic nitrogens is 1. The summed E-state index contributed by atoms with van der Waals surface area (Å²) >= 11 is 7.47. The number of nitrogens with zero attached hydrogens (tertiary/aromatic N) is 4. The van der Waals surface area contributed by atoms with E-state index in [1.54, 1.807) is 30.5 Å². The van der Waals surface area contributed by atoms with E-state index in [0.717, 1.165) is 4.90 Å². The fourth-order valence-corrected chi connectivity index (χ4v) is 5.09. The molecule has 1 fully saturated rings. The molecule has 4 rings (SSSR count). The predicted octanol–water partition coefficient (Wildman–Crippen LogP) is 4.08. The van der Waals surface area contributed by atoms with Gasteiger partial charge in [-0.05, 0) is 36.4 Å². The number of carbonyl (C=O) groups is 2. The summed E-state index contributed by atoms with van der Waals surface area (Å²) in [6, 6.07) is 8.37. The minimum atomic E-state index is -0.595. The lowest BCUT2D eigenvalue weighted by Gasteiger charge is -2.40. The number of halogens is 2. The number of carbonyl (C=O) groups excluding carboxylic acids is 2. The topological polar surface area (TPSA) is 77.3 Å². The molecule has 6 nitrogen and oxygen atoms in total. The summed E-state index contributed by atoms with van der Waals surface area (Å²) in [5.41, 5.74) is 0.970. The number of thioether (sulfide) groups is 1. The van der Waals surface area contributed by atoms with Crippen LogP contribution in [0.25, 0.3) is 4.91 Å². The molecule has 3 heterocycles. The van der Waals surface area contributed by atoms with Gasteiger partial charge in [-0.25, -0.2) is 14.1 Å². The van der Waals surface area contributed by atoms with Gasteiger partial charge in [0.25, 0.3) is 5.91 Å². The van der Waals surface area contributed by atoms with Gasteiger partial charge in [0.15, 0.2) is 0 Å². The molecule has 0 N–H and O–H groups in total. The molecule has 2 aliphatic rings. The van der Waals surface area contributed by atoms with Crippen molar-refractivity contribution in [3.05, 3.63) is 65.2 Å². The molecular weight excluding hydrogens is 415 g/mol. The number of benzene rings is 1. The van der Waals surface area contributed by atoms with Gasteiger partial charge in [0.1, 0.15) is 11.1 Å². The van der Waals surface area contributed by atoms with Crippen LogP contribution in [0.15, 0.2) is 48.8 Å². The Morgan fingerprint density at radius 1 is 1.31 bits per heavy atom. The van der Waals surface area contributed by atoms with E-state index >= 15 is 0 Å². The van der Waals surface area contributed by atoms with Crippen LogP contribution < -0.4 is 4.90 Å². The highest BCUT2D eigenvalue weighted by molar-refractivity contribution is 8.09. The Morgan fingerprint density at radius 3 is 2.83 bits per heavy atom. The second-order valence-electron chi connectivity index (χ2n) is 6.45. The normalized spacial score (nSPS) is 21.1. The molecule has 0 saturated carbocycles. The standard InChI is InChI=1S/C20H14ClFN4O2S/c21-15-9-12(22)4-5-14(15)17-10-16-18(29-17)19(27)26(13-3-1-7-24-11-13)20(28)25(16)8-2-6-23/h1,3-5,7,9-11,16,18H,2,8H2. The zero-order valence-electron chi connectivity index (χ0n) is 15.0. The molecule has 0 radical (unpaired) electrons. The summed E-state index contributed by atoms with van der Waals surface area (Å²) in [6.45, 7) is 0.183. The number of rotatable bonds is 4. The monoisotopic (exact) mass is 428 g/mol. The molecule has 0 bridgehead atoms. The Morgan fingerprint density at radius 2 is 2.14 bits per heavy atom. The molecule has 29 heavy (non-hydrogen) atoms. The maximum Gasteiger partial charge on any atom is 0.332 e. The SMILES string of the molecule is N#CCCN1C(=O)N(c2cccnc2)C(=O)C2SC(c3ccc(F)cc3Cl)=CC21. The van der Waals surface area contributed by atoms with Gasteiger partial charge in [0.2, 0.25) is 0 Å². The number of pyridine rings is 1. The highest BCUT2D eigenvalue weighted by Crippen LogP contribution is 2.46. The number of fused-ring (bicyclic) bond motifs is 1. The van der Waals surface area contributed by atoms with Gasteiger partial charge in [0, 0.05) is 23.2 Å². The van der Waals surface area contributed by atoms with Gasteiger partial charge < -0.3 is 4.90 Å². The summed E-state index contributed by atoms with van der Waals surface area (Å²) < 4.78 is 13.4. The van der Waals surface area contributed by atoms with Crippen LogP contribution in [0.2, 0.25) is 5.02 Å². The van der Waals surface area contributed by atoms with Crippen LogP contribution in [0.5, 0.6) is 0 Å². The van der Waals surface area contributed by atoms with Crippen molar-refractivity contribution in [2.75, 3.05) is 11.4 Å². The predicted molar refractivity (Wildman–Crippen MR) is 109 cm³/mol. The van der Waals surface area contributed by atoms with E-state index in [4.69, 9.17) is 16.9 Å². The molecule has 2 unspecified atom stereocenters. The zero-order chi connectivity index (χ0) is 20.5. The van der Waals surface area contributed by atoms with Crippen LogP contribution in [0, 0.1) is 17.1 Å². The highest BCUT2D eigenvalue weighted by atomic mass is 35.5. The van der Waals surface area contributed by atoms with Crippen molar-refractivity contribution < 1.29 is 14.0 Å². The van der Waals surface area contributed by atoms with Crippen molar-refractivity contribution in [2.45, 2.75) is 17.7 Å². The van der Waals surface area contributed by atoms with Crippen LogP contribution in [-0.4, -0.2) is 39.7 Å². The van der Waals surface area contributed by atoms with E-state index in [1.165, 1.54) is 35.0 Å². The number of nitriles is 1. The van der Waals surface area contributed by atoms with Crippen LogP contribution in [-0.2, 0) is 4.79 Å². The average molecular weight is 429 g/mol. The average Bonchev–Trinajstić information content (AvgIpc) is 3.14. The fraction of sp³-hybridized carbons (Fsp3) is 0.200. The van der Waals surface area contributed by atoms with Crippen molar-refractivity contribution in [3.63, 3.8) is 0 Å². The summed E-state index contributed by atoms with van der Waals surface area (Å²) in [5.74, 6) is -0.819. The van der Waals surface area contributed by atoms with E-state index in [2.05, 4.69) is 4.98 Å². The lowest BCUT2D eigenvalue weighted by atomic mass is 10.0. The molecule has 0 spiro atoms. The largest absolute Gasteiger partial charge is 0.332 e. The first kappa shape index (κ1) is 19.4. The summed E-state index contributed by atoms with van der Waals surface area (Å²) in [7, 11) is 0. The Labute approximate surface area is 175 Å². The van der Waals surface area contributed by atoms with Crippen molar-refractivity contribution in [3.8, 4) is 6.07 Å². The van der Waals surface area contributed by atoms with Crippen molar-refractivity contribution in [2.24, 2.45) is 0 Å². The minimum absolute atomic E-state index is 0.134. The highest BCUT2D eigenvalue weighted by Gasteiger charge is 2.49. The lowest BCUT2D eigenvalue weighted by molar-refractivity contribution is -0.119. The third-order valence-electron chi connectivity index (χ3n) is 4.71. The summed E-state index contributed by atoms with van der Waals surface area (Å²) in [4.78, 5) is 33.6. The number of urea groups is 1. The summed E-state index contributed by atoms with van der Waals surface area (Å²) in [5, 5.41) is 8.63. The molecule has 2 aliphatic heterocycles. The van der Waals surface area contributed by atoms with Gasteiger partial charge in [-0.2, -0.15) is 5.26 Å². The first-order valence-corrected chi connectivity index (χ1v) is 10.0. The second kappa shape index (κ2) is 7.85. The zero-order valence-corrected chi connectivity index (χ0v) is 16.5. The molecule has 1 saturated heterocycles. The molecule has 1 aromatic carbocycles. The van der Waals surface area contributed by atoms with Gasteiger partial charge >= 0.3 is 6.03 Å². The molecule has 1 aromatic heterocycles. The molecule has 2 aromatic rings. The smallest absolute Gasteiger partial charge is 0.315 e. The molecule has 0 aliphatic carbocycles. The van der Waals surface area contributed by atoms with E-state index in [0.29, 0.717) is 16.2 Å². The third kappa shape index (κ3) is 3.48. The Hall–Kier alpha value is -2.89. The van der Waals surface area contributed by atoms with Gasteiger partial charge in [-0.15, -0.1) is 11.8 Å². The van der Waals surface area contributed by atoms with E-state index in [-0.39, 0.29) is 23.9 Å². The third-order valence-corrected chi connectivity index (χ3v) is 6.37. The first-order valence-electron chi connectivity index (χ1n) is 8.76. The van der Waals surface area contributed by atoms with Crippen molar-refractivity contribution in [1.29, 1.82) is 5.26 Å². The number of amides is 3.